The summed E-state index contributed by atoms with van der Waals surface area (Å²) in [5, 5.41) is 2.42. The van der Waals surface area contributed by atoms with Crippen LogP contribution < -0.4 is 10.2 Å². The van der Waals surface area contributed by atoms with Crippen molar-refractivity contribution < 1.29 is 19.1 Å². The van der Waals surface area contributed by atoms with Gasteiger partial charge in [0.1, 0.15) is 11.6 Å². The average Bonchev–Trinajstić information content (AvgIpc) is 3.21. The van der Waals surface area contributed by atoms with E-state index >= 15 is 0 Å². The normalized spacial score (nSPS) is 20.7. The molecule has 3 aliphatic rings. The molecular weight excluding hydrogens is 444 g/mol. The Morgan fingerprint density at radius 1 is 1.06 bits per heavy atom. The van der Waals surface area contributed by atoms with Crippen molar-refractivity contribution in [3.63, 3.8) is 0 Å². The van der Waals surface area contributed by atoms with Crippen LogP contribution in [0.15, 0.2) is 42.6 Å². The number of piperidine rings is 1. The van der Waals surface area contributed by atoms with Crippen molar-refractivity contribution in [2.45, 2.75) is 59.1 Å². The van der Waals surface area contributed by atoms with Gasteiger partial charge in [0.05, 0.1) is 0 Å². The molecule has 8 nitrogen and oxygen atoms in total. The van der Waals surface area contributed by atoms with Gasteiger partial charge in [0, 0.05) is 50.5 Å². The first-order valence-corrected chi connectivity index (χ1v) is 12.4. The van der Waals surface area contributed by atoms with Crippen LogP contribution >= 0.6 is 0 Å². The molecule has 3 heterocycles. The lowest BCUT2D eigenvalue weighted by Crippen LogP contribution is -2.51. The number of allylic oxidation sites excluding steroid dienone is 1. The summed E-state index contributed by atoms with van der Waals surface area (Å²) in [7, 11) is 0. The number of ether oxygens (including phenoxy) is 1. The van der Waals surface area contributed by atoms with Gasteiger partial charge in [0.25, 0.3) is 0 Å². The van der Waals surface area contributed by atoms with Gasteiger partial charge >= 0.3 is 6.09 Å². The minimum absolute atomic E-state index is 0.211. The minimum Gasteiger partial charge on any atom is -0.444 e. The smallest absolute Gasteiger partial charge is 0.410 e. The summed E-state index contributed by atoms with van der Waals surface area (Å²) in [6.45, 7) is 17.1. The highest BCUT2D eigenvalue weighted by atomic mass is 16.6. The number of nitrogens with zero attached hydrogens (tertiary/aromatic N) is 3. The van der Waals surface area contributed by atoms with Crippen molar-refractivity contribution in [3.8, 4) is 0 Å². The van der Waals surface area contributed by atoms with Gasteiger partial charge in [-0.2, -0.15) is 0 Å². The van der Waals surface area contributed by atoms with Gasteiger partial charge in [-0.1, -0.05) is 32.6 Å². The Labute approximate surface area is 208 Å². The second kappa shape index (κ2) is 11.0. The number of anilines is 1. The van der Waals surface area contributed by atoms with Gasteiger partial charge in [-0.3, -0.25) is 14.9 Å². The van der Waals surface area contributed by atoms with E-state index in [1.54, 1.807) is 4.90 Å². The highest BCUT2D eigenvalue weighted by Gasteiger charge is 2.34. The summed E-state index contributed by atoms with van der Waals surface area (Å²) in [6.07, 6.45) is 2.62. The highest BCUT2D eigenvalue weighted by Crippen LogP contribution is 2.31. The zero-order valence-electron chi connectivity index (χ0n) is 21.6. The van der Waals surface area contributed by atoms with Crippen LogP contribution in [-0.2, 0) is 14.3 Å². The number of imide groups is 1. The molecule has 4 rings (SSSR count). The molecule has 190 valence electrons. The van der Waals surface area contributed by atoms with E-state index < -0.39 is 5.60 Å². The topological polar surface area (TPSA) is 82.2 Å². The van der Waals surface area contributed by atoms with Crippen LogP contribution in [0.3, 0.4) is 0 Å². The number of nitrogens with one attached hydrogen (secondary N) is 1. The monoisotopic (exact) mass is 482 g/mol. The van der Waals surface area contributed by atoms with Gasteiger partial charge in [0.2, 0.25) is 11.8 Å². The van der Waals surface area contributed by atoms with Crippen molar-refractivity contribution in [1.82, 2.24) is 15.1 Å². The number of carbonyl (C=O) groups is 3. The molecule has 8 heteroatoms. The zero-order valence-corrected chi connectivity index (χ0v) is 21.6. The maximum Gasteiger partial charge on any atom is 0.410 e. The molecule has 0 saturated carbocycles. The largest absolute Gasteiger partial charge is 0.444 e. The molecule has 0 spiro atoms. The molecule has 0 bridgehead atoms. The summed E-state index contributed by atoms with van der Waals surface area (Å²) in [6, 6.07) is 8.00. The molecule has 1 N–H and O–H groups in total. The van der Waals surface area contributed by atoms with E-state index in [1.165, 1.54) is 0 Å². The Morgan fingerprint density at radius 2 is 1.69 bits per heavy atom. The molecule has 3 aliphatic heterocycles. The molecule has 0 aliphatic carbocycles. The maximum absolute atomic E-state index is 12.3. The van der Waals surface area contributed by atoms with E-state index in [9.17, 15) is 14.4 Å². The van der Waals surface area contributed by atoms with Crippen LogP contribution in [0.1, 0.15) is 53.0 Å². The Morgan fingerprint density at radius 3 is 2.26 bits per heavy atom. The first-order chi connectivity index (χ1) is 16.6. The van der Waals surface area contributed by atoms with Crippen LogP contribution in [0.2, 0.25) is 0 Å². The number of rotatable bonds is 3. The van der Waals surface area contributed by atoms with Gasteiger partial charge in [0.15, 0.2) is 0 Å². The minimum atomic E-state index is -0.488. The molecule has 0 aromatic heterocycles. The van der Waals surface area contributed by atoms with Crippen molar-refractivity contribution in [1.29, 1.82) is 0 Å². The standard InChI is InChI=1S/C25H32N4O4.C2H6/c1-17-15-19(16-29(17)21-9-10-22(30)26-23(21)31)18-5-7-20(8-6-18)27-11-13-28(14-12-27)24(32)33-25(2,3)4;1-2/h5-8,15,21H,1,9-14,16H2,2-4H3,(H,26,30,31);1-2H3. The second-order valence-corrected chi connectivity index (χ2v) is 9.76. The van der Waals surface area contributed by atoms with E-state index in [2.05, 4.69) is 41.1 Å². The Kier molecular flexibility index (Phi) is 8.25. The number of carbonyl (C=O) groups excluding carboxylic acids is 3. The van der Waals surface area contributed by atoms with E-state index in [-0.39, 0.29) is 23.9 Å². The number of hydrogen-bond acceptors (Lipinski definition) is 6. The molecule has 3 amide bonds. The van der Waals surface area contributed by atoms with E-state index in [1.807, 2.05) is 45.6 Å². The third kappa shape index (κ3) is 6.44. The summed E-state index contributed by atoms with van der Waals surface area (Å²) >= 11 is 0. The van der Waals surface area contributed by atoms with Crippen molar-refractivity contribution in [3.05, 3.63) is 48.2 Å². The third-order valence-corrected chi connectivity index (χ3v) is 6.17. The van der Waals surface area contributed by atoms with Crippen molar-refractivity contribution in [2.75, 3.05) is 37.6 Å². The lowest BCUT2D eigenvalue weighted by molar-refractivity contribution is -0.136. The quantitative estimate of drug-likeness (QED) is 0.660. The molecule has 2 fully saturated rings. The van der Waals surface area contributed by atoms with Crippen molar-refractivity contribution >= 4 is 29.2 Å². The second-order valence-electron chi connectivity index (χ2n) is 9.76. The zero-order chi connectivity index (χ0) is 25.8. The molecule has 2 saturated heterocycles. The van der Waals surface area contributed by atoms with Crippen molar-refractivity contribution in [2.24, 2.45) is 0 Å². The fourth-order valence-corrected chi connectivity index (χ4v) is 4.44. The SMILES string of the molecule is C=C1C=C(c2ccc(N3CCN(C(=O)OC(C)(C)C)CC3)cc2)CN1C1CCC(=O)NC1=O.CC. The first-order valence-electron chi connectivity index (χ1n) is 12.4. The Bertz CT molecular complexity index is 985. The van der Waals surface area contributed by atoms with Crippen LogP contribution in [-0.4, -0.2) is 72.1 Å². The number of amides is 3. The molecular formula is C27H38N4O4. The van der Waals surface area contributed by atoms with Crippen LogP contribution in [0.5, 0.6) is 0 Å². The molecule has 1 unspecified atom stereocenters. The van der Waals surface area contributed by atoms with Gasteiger partial charge < -0.3 is 19.4 Å². The average molecular weight is 483 g/mol. The Hall–Kier alpha value is -3.29. The summed E-state index contributed by atoms with van der Waals surface area (Å²) in [4.78, 5) is 42.0. The van der Waals surface area contributed by atoms with Crippen LogP contribution in [0, 0.1) is 0 Å². The predicted octanol–water partition coefficient (Wildman–Crippen LogP) is 3.79. The molecule has 1 aromatic carbocycles. The number of benzene rings is 1. The number of piperazine rings is 1. The lowest BCUT2D eigenvalue weighted by atomic mass is 10.0. The molecule has 1 aromatic rings. The Balaban J connectivity index is 0.00000167. The van der Waals surface area contributed by atoms with E-state index in [0.29, 0.717) is 32.5 Å². The number of hydrogen-bond donors (Lipinski definition) is 1. The molecule has 1 atom stereocenters. The van der Waals surface area contributed by atoms with Crippen LogP contribution in [0.4, 0.5) is 10.5 Å². The van der Waals surface area contributed by atoms with Crippen LogP contribution in [0.25, 0.3) is 5.57 Å². The molecule has 35 heavy (non-hydrogen) atoms. The third-order valence-electron chi connectivity index (χ3n) is 6.17. The predicted molar refractivity (Wildman–Crippen MR) is 138 cm³/mol. The molecule has 0 radical (unpaired) electrons. The summed E-state index contributed by atoms with van der Waals surface area (Å²) < 4.78 is 5.47. The lowest BCUT2D eigenvalue weighted by Gasteiger charge is -2.36. The van der Waals surface area contributed by atoms with E-state index in [4.69, 9.17) is 4.74 Å². The fourth-order valence-electron chi connectivity index (χ4n) is 4.44. The summed E-state index contributed by atoms with van der Waals surface area (Å²) in [5.74, 6) is -0.459. The fraction of sp³-hybridized carbons (Fsp3) is 0.519. The highest BCUT2D eigenvalue weighted by molar-refractivity contribution is 6.00. The van der Waals surface area contributed by atoms with Gasteiger partial charge in [-0.05, 0) is 56.5 Å². The first kappa shape index (κ1) is 26.3. The maximum atomic E-state index is 12.3. The van der Waals surface area contributed by atoms with Gasteiger partial charge in [-0.15, -0.1) is 0 Å². The van der Waals surface area contributed by atoms with E-state index in [0.717, 1.165) is 35.6 Å². The summed E-state index contributed by atoms with van der Waals surface area (Å²) in [5.41, 5.74) is 3.61. The van der Waals surface area contributed by atoms with Gasteiger partial charge in [-0.25, -0.2) is 4.79 Å².